The predicted molar refractivity (Wildman–Crippen MR) is 74.7 cm³/mol. The van der Waals surface area contributed by atoms with Crippen molar-refractivity contribution in [2.24, 2.45) is 0 Å². The Hall–Kier alpha value is 0.332. The minimum Gasteiger partial charge on any atom is -0.852 e. The van der Waals surface area contributed by atoms with E-state index in [2.05, 4.69) is 0 Å². The zero-order valence-electron chi connectivity index (χ0n) is 13.5. The van der Waals surface area contributed by atoms with Gasteiger partial charge >= 0.3 is 17.4 Å². The molecular weight excluding hydrogens is 263 g/mol. The first-order valence-corrected chi connectivity index (χ1v) is 6.27. The molecule has 0 spiro atoms. The molecule has 6 heteroatoms. The molecule has 0 saturated heterocycles. The Balaban J connectivity index is -0.0000000459. The van der Waals surface area contributed by atoms with Crippen molar-refractivity contribution in [3.8, 4) is 0 Å². The minimum absolute atomic E-state index is 0. The predicted octanol–water partition coefficient (Wildman–Crippen LogP) is -1.10. The van der Waals surface area contributed by atoms with Crippen LogP contribution in [0.3, 0.4) is 0 Å². The summed E-state index contributed by atoms with van der Waals surface area (Å²) in [6, 6.07) is 0. The van der Waals surface area contributed by atoms with Gasteiger partial charge in [0.2, 0.25) is 0 Å². The van der Waals surface area contributed by atoms with Crippen LogP contribution in [0, 0.1) is 0 Å². The molecule has 0 heterocycles. The number of hydrogen-bond donors (Lipinski definition) is 1. The molecule has 0 radical (unpaired) electrons. The first-order valence-electron chi connectivity index (χ1n) is 6.27. The van der Waals surface area contributed by atoms with Crippen LogP contribution < -0.4 is 15.3 Å². The first kappa shape index (κ1) is 31.6. The van der Waals surface area contributed by atoms with Crippen molar-refractivity contribution in [3.63, 3.8) is 0 Å². The van der Waals surface area contributed by atoms with Gasteiger partial charge in [-0.2, -0.15) is 0 Å². The minimum atomic E-state index is -0.417. The maximum absolute atomic E-state index is 9.53. The van der Waals surface area contributed by atoms with E-state index < -0.39 is 18.3 Å². The smallest absolute Gasteiger partial charge is 0.852 e. The molecule has 0 bridgehead atoms. The quantitative estimate of drug-likeness (QED) is 0.526. The van der Waals surface area contributed by atoms with E-state index in [4.69, 9.17) is 9.84 Å². The van der Waals surface area contributed by atoms with Gasteiger partial charge in [0.15, 0.2) is 0 Å². The zero-order valence-corrected chi connectivity index (χ0v) is 14.7. The van der Waals surface area contributed by atoms with Crippen molar-refractivity contribution in [1.82, 2.24) is 0 Å². The fourth-order valence-corrected chi connectivity index (χ4v) is 0.209. The van der Waals surface area contributed by atoms with Crippen LogP contribution in [-0.4, -0.2) is 60.6 Å². The molecular formula is C13H31AlO5. The van der Waals surface area contributed by atoms with Gasteiger partial charge in [0.1, 0.15) is 0 Å². The largest absolute Gasteiger partial charge is 3.00 e. The molecule has 116 valence electrons. The van der Waals surface area contributed by atoms with Crippen LogP contribution in [0.2, 0.25) is 0 Å². The number of ether oxygens (including phenoxy) is 1. The van der Waals surface area contributed by atoms with Gasteiger partial charge in [0.05, 0.1) is 13.2 Å². The molecule has 0 aliphatic carbocycles. The molecule has 5 nitrogen and oxygen atoms in total. The SMILES string of the molecule is CC(C)[O-].CC(C)[O-].CC(C)[O-].CCOCCO.[Al+3]. The number of rotatable bonds is 3. The average Bonchev–Trinajstić information content (AvgIpc) is 2.11. The molecule has 0 saturated carbocycles. The normalized spacial score (nSPS) is 8.53. The Morgan fingerprint density at radius 2 is 1.05 bits per heavy atom. The molecule has 0 fully saturated rings. The summed E-state index contributed by atoms with van der Waals surface area (Å²) in [4.78, 5) is 0. The van der Waals surface area contributed by atoms with Crippen LogP contribution in [-0.2, 0) is 4.74 Å². The van der Waals surface area contributed by atoms with Gasteiger partial charge in [0.25, 0.3) is 0 Å². The summed E-state index contributed by atoms with van der Waals surface area (Å²) >= 11 is 0. The number of aliphatic hydroxyl groups is 1. The van der Waals surface area contributed by atoms with Crippen LogP contribution in [0.5, 0.6) is 0 Å². The van der Waals surface area contributed by atoms with Gasteiger partial charge in [0, 0.05) is 6.61 Å². The van der Waals surface area contributed by atoms with Crippen LogP contribution in [0.15, 0.2) is 0 Å². The zero-order chi connectivity index (χ0) is 15.6. The van der Waals surface area contributed by atoms with Crippen molar-refractivity contribution in [2.45, 2.75) is 66.8 Å². The Morgan fingerprint density at radius 3 is 1.11 bits per heavy atom. The summed E-state index contributed by atoms with van der Waals surface area (Å²) in [5.41, 5.74) is 0. The van der Waals surface area contributed by atoms with E-state index in [0.717, 1.165) is 0 Å². The molecule has 0 aromatic heterocycles. The van der Waals surface area contributed by atoms with Gasteiger partial charge in [-0.05, 0) is 6.92 Å². The standard InChI is InChI=1S/C4H10O2.3C3H7O.Al/c1-2-6-4-3-5;3*1-3(2)4;/h5H,2-4H2,1H3;3*3H,1-2H3;/q;3*-1;+3. The third-order valence-corrected chi connectivity index (χ3v) is 0.440. The van der Waals surface area contributed by atoms with Gasteiger partial charge in [-0.25, -0.2) is 0 Å². The third kappa shape index (κ3) is 440. The van der Waals surface area contributed by atoms with E-state index in [1.54, 1.807) is 41.5 Å². The second kappa shape index (κ2) is 31.0. The fraction of sp³-hybridized carbons (Fsp3) is 1.00. The van der Waals surface area contributed by atoms with Gasteiger partial charge in [-0.1, -0.05) is 41.5 Å². The first-order chi connectivity index (χ1) is 8.11. The van der Waals surface area contributed by atoms with Gasteiger partial charge in [-0.15, -0.1) is 18.3 Å². The Bertz CT molecular complexity index is 84.7. The maximum Gasteiger partial charge on any atom is 3.00 e. The molecule has 0 unspecified atom stereocenters. The Kier molecular flexibility index (Phi) is 51.6. The van der Waals surface area contributed by atoms with E-state index in [9.17, 15) is 15.3 Å². The van der Waals surface area contributed by atoms with Gasteiger partial charge in [-0.3, -0.25) is 0 Å². The van der Waals surface area contributed by atoms with Crippen molar-refractivity contribution >= 4 is 17.4 Å². The molecule has 0 aliphatic heterocycles. The van der Waals surface area contributed by atoms with E-state index in [0.29, 0.717) is 13.2 Å². The molecule has 1 N–H and O–H groups in total. The van der Waals surface area contributed by atoms with Crippen LogP contribution in [0.25, 0.3) is 0 Å². The summed E-state index contributed by atoms with van der Waals surface area (Å²) in [7, 11) is 0. The second-order valence-corrected chi connectivity index (χ2v) is 4.07. The van der Waals surface area contributed by atoms with E-state index >= 15 is 0 Å². The summed E-state index contributed by atoms with van der Waals surface area (Å²) < 4.78 is 4.73. The van der Waals surface area contributed by atoms with Crippen LogP contribution in [0.4, 0.5) is 0 Å². The monoisotopic (exact) mass is 294 g/mol. The number of hydrogen-bond acceptors (Lipinski definition) is 5. The summed E-state index contributed by atoms with van der Waals surface area (Å²) in [6.45, 7) is 12.9. The average molecular weight is 294 g/mol. The van der Waals surface area contributed by atoms with Crippen molar-refractivity contribution in [3.05, 3.63) is 0 Å². The molecule has 0 aliphatic rings. The van der Waals surface area contributed by atoms with E-state index in [1.165, 1.54) is 0 Å². The molecule has 0 aromatic carbocycles. The van der Waals surface area contributed by atoms with Crippen LogP contribution >= 0.6 is 0 Å². The Labute approximate surface area is 129 Å². The van der Waals surface area contributed by atoms with E-state index in [-0.39, 0.29) is 24.0 Å². The second-order valence-electron chi connectivity index (χ2n) is 4.07. The summed E-state index contributed by atoms with van der Waals surface area (Å²) in [5.74, 6) is 0. The van der Waals surface area contributed by atoms with Gasteiger partial charge < -0.3 is 25.2 Å². The molecule has 0 amide bonds. The molecule has 0 aromatic rings. The Morgan fingerprint density at radius 1 is 0.842 bits per heavy atom. The van der Waals surface area contributed by atoms with Crippen molar-refractivity contribution < 1.29 is 25.2 Å². The third-order valence-electron chi connectivity index (χ3n) is 0.440. The van der Waals surface area contributed by atoms with Crippen molar-refractivity contribution in [2.75, 3.05) is 19.8 Å². The molecule has 0 atom stereocenters. The summed E-state index contributed by atoms with van der Waals surface area (Å²) in [5, 5.41) is 36.7. The van der Waals surface area contributed by atoms with Crippen LogP contribution in [0.1, 0.15) is 48.5 Å². The summed E-state index contributed by atoms with van der Waals surface area (Å²) in [6.07, 6.45) is -1.25. The topological polar surface area (TPSA) is 98.6 Å². The molecule has 19 heavy (non-hydrogen) atoms. The fourth-order valence-electron chi connectivity index (χ4n) is 0.209. The maximum atomic E-state index is 9.53. The number of aliphatic hydroxyl groups excluding tert-OH is 1. The molecule has 0 rings (SSSR count). The van der Waals surface area contributed by atoms with Crippen molar-refractivity contribution in [1.29, 1.82) is 0 Å². The van der Waals surface area contributed by atoms with E-state index in [1.807, 2.05) is 6.92 Å².